The third-order valence-electron chi connectivity index (χ3n) is 2.60. The van der Waals surface area contributed by atoms with E-state index in [1.54, 1.807) is 11.3 Å². The van der Waals surface area contributed by atoms with E-state index >= 15 is 0 Å². The van der Waals surface area contributed by atoms with E-state index in [-0.39, 0.29) is 17.8 Å². The lowest BCUT2D eigenvalue weighted by molar-refractivity contribution is -0.144. The Balaban J connectivity index is 1.86. The molecule has 0 aliphatic carbocycles. The van der Waals surface area contributed by atoms with Crippen molar-refractivity contribution in [2.75, 3.05) is 5.75 Å². The molecule has 0 unspecified atom stereocenters. The van der Waals surface area contributed by atoms with Crippen LogP contribution in [0, 0.1) is 0 Å². The molecular formula is C13H13N3O2S2. The number of rotatable bonds is 4. The molecule has 0 aliphatic heterocycles. The molecule has 5 nitrogen and oxygen atoms in total. The van der Waals surface area contributed by atoms with Gasteiger partial charge in [-0.2, -0.15) is 0 Å². The van der Waals surface area contributed by atoms with Crippen LogP contribution < -0.4 is 0 Å². The third kappa shape index (κ3) is 2.51. The molecule has 7 heteroatoms. The Labute approximate surface area is 124 Å². The topological polar surface area (TPSA) is 56.5 Å². The van der Waals surface area contributed by atoms with Crippen LogP contribution in [0.4, 0.5) is 0 Å². The summed E-state index contributed by atoms with van der Waals surface area (Å²) >= 11 is 2.93. The van der Waals surface area contributed by atoms with Crippen LogP contribution in [0.25, 0.3) is 15.2 Å². The van der Waals surface area contributed by atoms with Crippen molar-refractivity contribution in [1.29, 1.82) is 0 Å². The number of thiazole rings is 1. The number of carbonyl (C=O) groups excluding carboxylic acids is 1. The van der Waals surface area contributed by atoms with Crippen LogP contribution in [-0.4, -0.2) is 32.4 Å². The van der Waals surface area contributed by atoms with E-state index in [1.807, 2.05) is 36.4 Å². The number of hydrogen-bond donors (Lipinski definition) is 0. The first kappa shape index (κ1) is 13.4. The van der Waals surface area contributed by atoms with Crippen LogP contribution in [0.3, 0.4) is 0 Å². The van der Waals surface area contributed by atoms with E-state index in [0.29, 0.717) is 0 Å². The summed E-state index contributed by atoms with van der Waals surface area (Å²) < 4.78 is 8.25. The molecule has 0 saturated heterocycles. The van der Waals surface area contributed by atoms with Gasteiger partial charge in [0.25, 0.3) is 0 Å². The molecule has 0 aliphatic rings. The predicted octanol–water partition coefficient (Wildman–Crippen LogP) is 2.99. The zero-order chi connectivity index (χ0) is 14.1. The second-order valence-electron chi connectivity index (χ2n) is 4.50. The molecule has 0 N–H and O–H groups in total. The van der Waals surface area contributed by atoms with Crippen molar-refractivity contribution in [3.8, 4) is 0 Å². The number of aromatic nitrogens is 3. The van der Waals surface area contributed by atoms with E-state index in [1.165, 1.54) is 11.8 Å². The van der Waals surface area contributed by atoms with E-state index < -0.39 is 0 Å². The minimum atomic E-state index is -0.235. The van der Waals surface area contributed by atoms with Gasteiger partial charge in [-0.05, 0) is 26.0 Å². The van der Waals surface area contributed by atoms with Gasteiger partial charge < -0.3 is 4.74 Å². The number of benzene rings is 1. The zero-order valence-corrected chi connectivity index (χ0v) is 12.7. The van der Waals surface area contributed by atoms with Gasteiger partial charge in [-0.25, -0.2) is 0 Å². The first-order valence-corrected chi connectivity index (χ1v) is 8.00. The van der Waals surface area contributed by atoms with Crippen molar-refractivity contribution in [2.24, 2.45) is 0 Å². The molecule has 2 aromatic heterocycles. The fourth-order valence-electron chi connectivity index (χ4n) is 1.87. The monoisotopic (exact) mass is 307 g/mol. The zero-order valence-electron chi connectivity index (χ0n) is 11.1. The SMILES string of the molecule is CC(C)OC(=O)CSc1nnc2sc3ccccc3n12. The fraction of sp³-hybridized carbons (Fsp3) is 0.308. The van der Waals surface area contributed by atoms with E-state index in [0.717, 1.165) is 20.3 Å². The predicted molar refractivity (Wildman–Crippen MR) is 80.3 cm³/mol. The largest absolute Gasteiger partial charge is 0.462 e. The van der Waals surface area contributed by atoms with Crippen molar-refractivity contribution in [1.82, 2.24) is 14.6 Å². The maximum Gasteiger partial charge on any atom is 0.316 e. The van der Waals surface area contributed by atoms with Crippen LogP contribution in [-0.2, 0) is 9.53 Å². The molecule has 0 spiro atoms. The molecule has 104 valence electrons. The first-order valence-electron chi connectivity index (χ1n) is 6.20. The van der Waals surface area contributed by atoms with Gasteiger partial charge in [0.1, 0.15) is 0 Å². The smallest absolute Gasteiger partial charge is 0.316 e. The molecule has 3 rings (SSSR count). The Hall–Kier alpha value is -1.60. The van der Waals surface area contributed by atoms with Crippen LogP contribution in [0.15, 0.2) is 29.4 Å². The van der Waals surface area contributed by atoms with E-state index in [9.17, 15) is 4.79 Å². The average molecular weight is 307 g/mol. The van der Waals surface area contributed by atoms with Crippen LogP contribution in [0.5, 0.6) is 0 Å². The first-order chi connectivity index (χ1) is 9.65. The van der Waals surface area contributed by atoms with Gasteiger partial charge in [0.15, 0.2) is 5.16 Å². The summed E-state index contributed by atoms with van der Waals surface area (Å²) in [5.41, 5.74) is 1.07. The Morgan fingerprint density at radius 2 is 2.20 bits per heavy atom. The second-order valence-corrected chi connectivity index (χ2v) is 6.45. The molecule has 20 heavy (non-hydrogen) atoms. The molecule has 0 bridgehead atoms. The summed E-state index contributed by atoms with van der Waals surface area (Å²) in [5.74, 6) is 0.00431. The summed E-state index contributed by atoms with van der Waals surface area (Å²) in [7, 11) is 0. The van der Waals surface area contributed by atoms with Crippen molar-refractivity contribution in [2.45, 2.75) is 25.1 Å². The highest BCUT2D eigenvalue weighted by molar-refractivity contribution is 7.99. The van der Waals surface area contributed by atoms with Crippen molar-refractivity contribution in [3.63, 3.8) is 0 Å². The van der Waals surface area contributed by atoms with Gasteiger partial charge >= 0.3 is 5.97 Å². The molecule has 0 atom stereocenters. The molecule has 3 aromatic rings. The van der Waals surface area contributed by atoms with Crippen molar-refractivity contribution < 1.29 is 9.53 Å². The molecular weight excluding hydrogens is 294 g/mol. The highest BCUT2D eigenvalue weighted by atomic mass is 32.2. The molecule has 0 fully saturated rings. The van der Waals surface area contributed by atoms with Gasteiger partial charge in [0.05, 0.1) is 22.1 Å². The lowest BCUT2D eigenvalue weighted by Gasteiger charge is -2.06. The standard InChI is InChI=1S/C13H13N3O2S2/c1-8(2)18-11(17)7-19-12-14-15-13-16(12)9-5-3-4-6-10(9)20-13/h3-6,8H,7H2,1-2H3. The van der Waals surface area contributed by atoms with Crippen molar-refractivity contribution in [3.05, 3.63) is 24.3 Å². The summed E-state index contributed by atoms with van der Waals surface area (Å²) in [6.07, 6.45) is -0.0940. The van der Waals surface area contributed by atoms with E-state index in [2.05, 4.69) is 16.3 Å². The Kier molecular flexibility index (Phi) is 3.62. The van der Waals surface area contributed by atoms with Crippen molar-refractivity contribution >= 4 is 44.2 Å². The number of thioether (sulfide) groups is 1. The third-order valence-corrected chi connectivity index (χ3v) is 4.51. The molecule has 1 aromatic carbocycles. The van der Waals surface area contributed by atoms with Crippen LogP contribution >= 0.6 is 23.1 Å². The number of hydrogen-bond acceptors (Lipinski definition) is 6. The maximum absolute atomic E-state index is 11.6. The van der Waals surface area contributed by atoms with E-state index in [4.69, 9.17) is 4.74 Å². The number of nitrogens with zero attached hydrogens (tertiary/aromatic N) is 3. The van der Waals surface area contributed by atoms with Gasteiger partial charge in [-0.15, -0.1) is 10.2 Å². The fourth-order valence-corrected chi connectivity index (χ4v) is 3.62. The van der Waals surface area contributed by atoms with Gasteiger partial charge in [0, 0.05) is 0 Å². The number of esters is 1. The van der Waals surface area contributed by atoms with Gasteiger partial charge in [-0.1, -0.05) is 35.2 Å². The normalized spacial score (nSPS) is 11.6. The number of ether oxygens (including phenoxy) is 1. The summed E-state index contributed by atoms with van der Waals surface area (Å²) in [4.78, 5) is 12.4. The molecule has 0 saturated carbocycles. The molecule has 0 radical (unpaired) electrons. The van der Waals surface area contributed by atoms with Crippen LogP contribution in [0.2, 0.25) is 0 Å². The maximum atomic E-state index is 11.6. The lowest BCUT2D eigenvalue weighted by Crippen LogP contribution is -2.13. The molecule has 2 heterocycles. The number of para-hydroxylation sites is 1. The Morgan fingerprint density at radius 3 is 3.00 bits per heavy atom. The average Bonchev–Trinajstić information content (AvgIpc) is 2.94. The number of carbonyl (C=O) groups is 1. The molecule has 0 amide bonds. The minimum absolute atomic E-state index is 0.0940. The highest BCUT2D eigenvalue weighted by Gasteiger charge is 2.14. The second kappa shape index (κ2) is 5.41. The summed E-state index contributed by atoms with van der Waals surface area (Å²) in [6, 6.07) is 8.06. The highest BCUT2D eigenvalue weighted by Crippen LogP contribution is 2.29. The van der Waals surface area contributed by atoms with Gasteiger partial charge in [-0.3, -0.25) is 9.20 Å². The Morgan fingerprint density at radius 1 is 1.40 bits per heavy atom. The van der Waals surface area contributed by atoms with Crippen LogP contribution in [0.1, 0.15) is 13.8 Å². The lowest BCUT2D eigenvalue weighted by atomic mass is 10.3. The minimum Gasteiger partial charge on any atom is -0.462 e. The summed E-state index contributed by atoms with van der Waals surface area (Å²) in [6.45, 7) is 3.68. The number of fused-ring (bicyclic) bond motifs is 3. The quantitative estimate of drug-likeness (QED) is 0.548. The Bertz CT molecular complexity index is 763. The van der Waals surface area contributed by atoms with Gasteiger partial charge in [0.2, 0.25) is 4.96 Å². The summed E-state index contributed by atoms with van der Waals surface area (Å²) in [5, 5.41) is 9.01.